The molecule has 1 amide bonds. The largest absolute Gasteiger partial charge is 0.477 e. The van der Waals surface area contributed by atoms with Crippen molar-refractivity contribution in [1.82, 2.24) is 4.90 Å². The second-order valence-corrected chi connectivity index (χ2v) is 6.90. The highest BCUT2D eigenvalue weighted by Gasteiger charge is 2.33. The molecule has 0 spiro atoms. The molecule has 20 heavy (non-hydrogen) atoms. The fraction of sp³-hybridized carbons (Fsp3) is 0.600. The Labute approximate surface area is 122 Å². The van der Waals surface area contributed by atoms with Crippen molar-refractivity contribution in [1.29, 1.82) is 0 Å². The molecule has 2 atom stereocenters. The smallest absolute Gasteiger partial charge is 0.345 e. The number of carbonyl (C=O) groups excluding carboxylic acids is 1. The predicted molar refractivity (Wildman–Crippen MR) is 77.2 cm³/mol. The summed E-state index contributed by atoms with van der Waals surface area (Å²) in [4.78, 5) is 26.1. The van der Waals surface area contributed by atoms with Gasteiger partial charge in [0.15, 0.2) is 0 Å². The summed E-state index contributed by atoms with van der Waals surface area (Å²) in [6, 6.07) is 3.16. The maximum absolute atomic E-state index is 12.5. The van der Waals surface area contributed by atoms with Gasteiger partial charge in [0.1, 0.15) is 4.88 Å². The third-order valence-electron chi connectivity index (χ3n) is 4.61. The fourth-order valence-corrected chi connectivity index (χ4v) is 4.32. The first-order valence-electron chi connectivity index (χ1n) is 7.27. The molecule has 1 aliphatic carbocycles. The first-order valence-corrected chi connectivity index (χ1v) is 8.09. The van der Waals surface area contributed by atoms with Gasteiger partial charge in [-0.2, -0.15) is 0 Å². The van der Waals surface area contributed by atoms with E-state index in [9.17, 15) is 9.59 Å². The van der Waals surface area contributed by atoms with Crippen molar-refractivity contribution in [2.45, 2.75) is 32.1 Å². The van der Waals surface area contributed by atoms with E-state index < -0.39 is 5.97 Å². The van der Waals surface area contributed by atoms with Crippen molar-refractivity contribution >= 4 is 23.2 Å². The molecule has 4 nitrogen and oxygen atoms in total. The van der Waals surface area contributed by atoms with Crippen molar-refractivity contribution < 1.29 is 14.7 Å². The van der Waals surface area contributed by atoms with Gasteiger partial charge in [0, 0.05) is 13.1 Å². The lowest BCUT2D eigenvalue weighted by Crippen LogP contribution is -2.44. The summed E-state index contributed by atoms with van der Waals surface area (Å²) in [5, 5.41) is 8.93. The second kappa shape index (κ2) is 5.56. The van der Waals surface area contributed by atoms with Gasteiger partial charge in [-0.15, -0.1) is 11.3 Å². The van der Waals surface area contributed by atoms with Gasteiger partial charge in [-0.3, -0.25) is 4.79 Å². The summed E-state index contributed by atoms with van der Waals surface area (Å²) in [5.41, 5.74) is 0. The molecule has 3 rings (SSSR count). The highest BCUT2D eigenvalue weighted by molar-refractivity contribution is 7.15. The molecule has 0 bridgehead atoms. The molecule has 2 aliphatic rings. The molecular formula is C15H19NO3S. The van der Waals surface area contributed by atoms with Crippen molar-refractivity contribution in [2.24, 2.45) is 11.8 Å². The summed E-state index contributed by atoms with van der Waals surface area (Å²) in [7, 11) is 0. The molecule has 2 heterocycles. The minimum Gasteiger partial charge on any atom is -0.477 e. The molecule has 2 unspecified atom stereocenters. The van der Waals surface area contributed by atoms with E-state index in [2.05, 4.69) is 0 Å². The number of piperidine rings is 1. The maximum Gasteiger partial charge on any atom is 0.345 e. The SMILES string of the molecule is O=C(O)c1ccc(C(=O)N2CCC3CCCCC3C2)s1. The lowest BCUT2D eigenvalue weighted by atomic mass is 9.75. The Morgan fingerprint density at radius 3 is 2.50 bits per heavy atom. The Morgan fingerprint density at radius 2 is 1.80 bits per heavy atom. The lowest BCUT2D eigenvalue weighted by Gasteiger charge is -2.41. The molecule has 2 fully saturated rings. The van der Waals surface area contributed by atoms with E-state index in [1.807, 2.05) is 4.90 Å². The van der Waals surface area contributed by atoms with Gasteiger partial charge in [0.05, 0.1) is 4.88 Å². The number of carboxylic acid groups (broad SMARTS) is 1. The zero-order valence-electron chi connectivity index (χ0n) is 11.4. The van der Waals surface area contributed by atoms with Crippen molar-refractivity contribution in [3.8, 4) is 0 Å². The zero-order valence-corrected chi connectivity index (χ0v) is 12.2. The summed E-state index contributed by atoms with van der Waals surface area (Å²) in [5.74, 6) is 0.498. The van der Waals surface area contributed by atoms with E-state index in [1.165, 1.54) is 31.7 Å². The van der Waals surface area contributed by atoms with Crippen LogP contribution in [0.4, 0.5) is 0 Å². The minimum atomic E-state index is -0.958. The average Bonchev–Trinajstić information content (AvgIpc) is 2.96. The number of nitrogens with zero attached hydrogens (tertiary/aromatic N) is 1. The molecule has 1 aromatic rings. The van der Waals surface area contributed by atoms with Gasteiger partial charge in [0.2, 0.25) is 0 Å². The zero-order chi connectivity index (χ0) is 14.1. The van der Waals surface area contributed by atoms with Crippen molar-refractivity contribution in [3.05, 3.63) is 21.9 Å². The van der Waals surface area contributed by atoms with Crippen LogP contribution in [0.1, 0.15) is 51.4 Å². The second-order valence-electron chi connectivity index (χ2n) is 5.81. The molecule has 108 valence electrons. The summed E-state index contributed by atoms with van der Waals surface area (Å²) in [6.07, 6.45) is 6.27. The highest BCUT2D eigenvalue weighted by Crippen LogP contribution is 2.36. The third kappa shape index (κ3) is 2.59. The number of hydrogen-bond acceptors (Lipinski definition) is 3. The van der Waals surface area contributed by atoms with Crippen LogP contribution in [-0.2, 0) is 0 Å². The van der Waals surface area contributed by atoms with Gasteiger partial charge in [-0.1, -0.05) is 19.3 Å². The van der Waals surface area contributed by atoms with E-state index in [0.717, 1.165) is 36.8 Å². The first-order chi connectivity index (χ1) is 9.65. The summed E-state index contributed by atoms with van der Waals surface area (Å²) in [6.45, 7) is 1.67. The van der Waals surface area contributed by atoms with E-state index >= 15 is 0 Å². The summed E-state index contributed by atoms with van der Waals surface area (Å²) >= 11 is 1.08. The number of carbonyl (C=O) groups is 2. The van der Waals surface area contributed by atoms with Crippen LogP contribution in [-0.4, -0.2) is 35.0 Å². The topological polar surface area (TPSA) is 57.6 Å². The van der Waals surface area contributed by atoms with Gasteiger partial charge >= 0.3 is 5.97 Å². The van der Waals surface area contributed by atoms with Crippen LogP contribution in [0.25, 0.3) is 0 Å². The van der Waals surface area contributed by atoms with Crippen LogP contribution in [0, 0.1) is 11.8 Å². The van der Waals surface area contributed by atoms with E-state index in [1.54, 1.807) is 6.07 Å². The fourth-order valence-electron chi connectivity index (χ4n) is 3.51. The van der Waals surface area contributed by atoms with E-state index in [-0.39, 0.29) is 10.8 Å². The number of likely N-dealkylation sites (tertiary alicyclic amines) is 1. The first kappa shape index (κ1) is 13.6. The maximum atomic E-state index is 12.5. The number of carboxylic acids is 1. The molecule has 0 aromatic carbocycles. The Morgan fingerprint density at radius 1 is 1.10 bits per heavy atom. The standard InChI is InChI=1S/C15H19NO3S/c17-14(12-5-6-13(20-12)15(18)19)16-8-7-10-3-1-2-4-11(10)9-16/h5-6,10-11H,1-4,7-9H2,(H,18,19). The lowest BCUT2D eigenvalue weighted by molar-refractivity contribution is 0.0525. The molecule has 1 aromatic heterocycles. The van der Waals surface area contributed by atoms with E-state index in [0.29, 0.717) is 10.8 Å². The van der Waals surface area contributed by atoms with Crippen LogP contribution < -0.4 is 0 Å². The molecular weight excluding hydrogens is 274 g/mol. The van der Waals surface area contributed by atoms with Gasteiger partial charge < -0.3 is 10.0 Å². The van der Waals surface area contributed by atoms with Gasteiger partial charge in [-0.25, -0.2) is 4.79 Å². The van der Waals surface area contributed by atoms with Crippen LogP contribution in [0.15, 0.2) is 12.1 Å². The number of rotatable bonds is 2. The Kier molecular flexibility index (Phi) is 3.78. The monoisotopic (exact) mass is 293 g/mol. The number of hydrogen-bond donors (Lipinski definition) is 1. The normalized spacial score (nSPS) is 26.1. The quantitative estimate of drug-likeness (QED) is 0.911. The van der Waals surface area contributed by atoms with Gasteiger partial charge in [0.25, 0.3) is 5.91 Å². The van der Waals surface area contributed by atoms with Crippen LogP contribution in [0.2, 0.25) is 0 Å². The third-order valence-corrected chi connectivity index (χ3v) is 5.67. The minimum absolute atomic E-state index is 0.00604. The molecule has 1 saturated carbocycles. The van der Waals surface area contributed by atoms with Crippen molar-refractivity contribution in [2.75, 3.05) is 13.1 Å². The van der Waals surface area contributed by atoms with Gasteiger partial charge in [-0.05, 0) is 36.8 Å². The Hall–Kier alpha value is -1.36. The molecule has 1 N–H and O–H groups in total. The Balaban J connectivity index is 1.69. The molecule has 0 radical (unpaired) electrons. The van der Waals surface area contributed by atoms with Crippen LogP contribution in [0.3, 0.4) is 0 Å². The molecule has 1 aliphatic heterocycles. The number of amides is 1. The predicted octanol–water partition coefficient (Wildman–Crippen LogP) is 3.10. The number of fused-ring (bicyclic) bond motifs is 1. The average molecular weight is 293 g/mol. The number of aromatic carboxylic acids is 1. The summed E-state index contributed by atoms with van der Waals surface area (Å²) < 4.78 is 0. The highest BCUT2D eigenvalue weighted by atomic mass is 32.1. The Bertz CT molecular complexity index is 525. The molecule has 5 heteroatoms. The molecule has 1 saturated heterocycles. The van der Waals surface area contributed by atoms with Crippen LogP contribution in [0.5, 0.6) is 0 Å². The number of thiophene rings is 1. The van der Waals surface area contributed by atoms with E-state index in [4.69, 9.17) is 5.11 Å². The van der Waals surface area contributed by atoms with Crippen LogP contribution >= 0.6 is 11.3 Å². The van der Waals surface area contributed by atoms with Crippen molar-refractivity contribution in [3.63, 3.8) is 0 Å².